The highest BCUT2D eigenvalue weighted by Crippen LogP contribution is 2.45. The molecule has 5 rings (SSSR count). The second kappa shape index (κ2) is 9.71. The normalized spacial score (nSPS) is 22.9. The van der Waals surface area contributed by atoms with Gasteiger partial charge in [-0.3, -0.25) is 4.79 Å². The molecule has 1 saturated heterocycles. The van der Waals surface area contributed by atoms with Crippen LogP contribution < -0.4 is 27.0 Å². The number of hydrogen-bond donors (Lipinski definition) is 4. The van der Waals surface area contributed by atoms with Crippen molar-refractivity contribution in [1.82, 2.24) is 9.97 Å². The van der Waals surface area contributed by atoms with Gasteiger partial charge in [0, 0.05) is 25.2 Å². The number of hydrogen-bond acceptors (Lipinski definition) is 8. The SMILES string of the molecule is NC(=O)c1cc(F)c(N[C@@H]2CCCC[C@@H]2N)nc1Nc1cnc(N2CCOCC2)c(C2CC2)c1. The Hall–Kier alpha value is -2.98. The number of anilines is 4. The summed E-state index contributed by atoms with van der Waals surface area (Å²) in [5, 5.41) is 6.31. The van der Waals surface area contributed by atoms with Crippen molar-refractivity contribution >= 4 is 29.0 Å². The van der Waals surface area contributed by atoms with Crippen molar-refractivity contribution in [3.05, 3.63) is 35.3 Å². The standard InChI is InChI=1S/C24H32FN7O2/c25-18-12-17(21(27)33)22(31-23(18)30-20-4-2-1-3-19(20)26)29-15-11-16(14-5-6-14)24(28-13-15)32-7-9-34-10-8-32/h11-14,19-20H,1-10,26H2,(H2,27,33)(H2,29,30,31)/t19-,20+/m0/s1. The Bertz CT molecular complexity index is 1060. The number of aromatic nitrogens is 2. The van der Waals surface area contributed by atoms with Crippen molar-refractivity contribution in [3.63, 3.8) is 0 Å². The Morgan fingerprint density at radius 1 is 1.12 bits per heavy atom. The zero-order chi connectivity index (χ0) is 23.7. The third kappa shape index (κ3) is 4.92. The molecule has 1 aliphatic heterocycles. The molecular weight excluding hydrogens is 437 g/mol. The largest absolute Gasteiger partial charge is 0.378 e. The lowest BCUT2D eigenvalue weighted by molar-refractivity contribution is 0.100. The Kier molecular flexibility index (Phi) is 6.51. The van der Waals surface area contributed by atoms with E-state index in [0.717, 1.165) is 63.5 Å². The van der Waals surface area contributed by atoms with Crippen LogP contribution in [0, 0.1) is 5.82 Å². The molecule has 0 unspecified atom stereocenters. The maximum Gasteiger partial charge on any atom is 0.252 e. The average molecular weight is 470 g/mol. The van der Waals surface area contributed by atoms with E-state index in [9.17, 15) is 9.18 Å². The third-order valence-corrected chi connectivity index (χ3v) is 6.87. The maximum absolute atomic E-state index is 14.8. The highest BCUT2D eigenvalue weighted by Gasteiger charge is 2.30. The summed E-state index contributed by atoms with van der Waals surface area (Å²) in [6, 6.07) is 3.04. The monoisotopic (exact) mass is 469 g/mol. The van der Waals surface area contributed by atoms with Crippen LogP contribution in [-0.4, -0.2) is 54.3 Å². The van der Waals surface area contributed by atoms with Gasteiger partial charge in [-0.05, 0) is 49.3 Å². The van der Waals surface area contributed by atoms with Crippen LogP contribution in [0.25, 0.3) is 0 Å². The van der Waals surface area contributed by atoms with E-state index in [0.29, 0.717) is 24.8 Å². The first kappa shape index (κ1) is 22.8. The van der Waals surface area contributed by atoms with E-state index in [1.165, 1.54) is 5.56 Å². The van der Waals surface area contributed by atoms with Crippen LogP contribution in [0.3, 0.4) is 0 Å². The first-order valence-corrected chi connectivity index (χ1v) is 12.1. The Balaban J connectivity index is 1.43. The molecule has 0 bridgehead atoms. The number of primary amides is 1. The van der Waals surface area contributed by atoms with Crippen LogP contribution >= 0.6 is 0 Å². The average Bonchev–Trinajstić information content (AvgIpc) is 3.68. The van der Waals surface area contributed by atoms with Crippen molar-refractivity contribution in [3.8, 4) is 0 Å². The number of carbonyl (C=O) groups is 1. The number of nitrogens with two attached hydrogens (primary N) is 2. The smallest absolute Gasteiger partial charge is 0.252 e. The summed E-state index contributed by atoms with van der Waals surface area (Å²) in [6.07, 6.45) is 7.80. The molecule has 2 aromatic rings. The number of morpholine rings is 1. The van der Waals surface area contributed by atoms with Gasteiger partial charge in [0.05, 0.1) is 30.7 Å². The summed E-state index contributed by atoms with van der Waals surface area (Å²) in [5.74, 6) is 0.325. The maximum atomic E-state index is 14.8. The molecule has 34 heavy (non-hydrogen) atoms. The molecule has 3 aliphatic rings. The molecule has 0 spiro atoms. The molecule has 3 heterocycles. The summed E-state index contributed by atoms with van der Waals surface area (Å²) in [4.78, 5) is 23.5. The van der Waals surface area contributed by atoms with Crippen LogP contribution in [0.1, 0.15) is 60.4 Å². The van der Waals surface area contributed by atoms with Crippen LogP contribution in [-0.2, 0) is 4.74 Å². The molecular formula is C24H32FN7O2. The number of amides is 1. The lowest BCUT2D eigenvalue weighted by atomic mass is 9.91. The molecule has 0 radical (unpaired) electrons. The van der Waals surface area contributed by atoms with Gasteiger partial charge in [-0.25, -0.2) is 14.4 Å². The molecule has 1 amide bonds. The molecule has 2 saturated carbocycles. The fourth-order valence-corrected chi connectivity index (χ4v) is 4.80. The molecule has 182 valence electrons. The fraction of sp³-hybridized carbons (Fsp3) is 0.542. The van der Waals surface area contributed by atoms with E-state index in [4.69, 9.17) is 21.2 Å². The minimum atomic E-state index is -0.755. The Labute approximate surface area is 198 Å². The van der Waals surface area contributed by atoms with E-state index in [2.05, 4.69) is 26.6 Å². The van der Waals surface area contributed by atoms with Crippen molar-refractivity contribution in [2.45, 2.75) is 56.5 Å². The summed E-state index contributed by atoms with van der Waals surface area (Å²) in [5.41, 5.74) is 13.6. The van der Waals surface area contributed by atoms with Crippen LogP contribution in [0.5, 0.6) is 0 Å². The van der Waals surface area contributed by atoms with Gasteiger partial charge in [-0.1, -0.05) is 12.8 Å². The van der Waals surface area contributed by atoms with Gasteiger partial charge in [0.25, 0.3) is 5.91 Å². The van der Waals surface area contributed by atoms with E-state index in [1.807, 2.05) is 0 Å². The zero-order valence-corrected chi connectivity index (χ0v) is 19.2. The van der Waals surface area contributed by atoms with Gasteiger partial charge in [0.1, 0.15) is 11.6 Å². The Morgan fingerprint density at radius 3 is 2.59 bits per heavy atom. The van der Waals surface area contributed by atoms with Crippen molar-refractivity contribution in [2.75, 3.05) is 41.8 Å². The summed E-state index contributed by atoms with van der Waals surface area (Å²) in [7, 11) is 0. The van der Waals surface area contributed by atoms with Gasteiger partial charge in [0.15, 0.2) is 11.6 Å². The molecule has 6 N–H and O–H groups in total. The zero-order valence-electron chi connectivity index (χ0n) is 19.2. The number of nitrogens with one attached hydrogen (secondary N) is 2. The first-order valence-electron chi connectivity index (χ1n) is 12.1. The van der Waals surface area contributed by atoms with Crippen molar-refractivity contribution < 1.29 is 13.9 Å². The molecule has 3 fully saturated rings. The topological polar surface area (TPSA) is 131 Å². The highest BCUT2D eigenvalue weighted by molar-refractivity contribution is 5.98. The molecule has 10 heteroatoms. The predicted octanol–water partition coefficient (Wildman–Crippen LogP) is 2.85. The summed E-state index contributed by atoms with van der Waals surface area (Å²) >= 11 is 0. The quantitative estimate of drug-likeness (QED) is 0.487. The third-order valence-electron chi connectivity index (χ3n) is 6.87. The van der Waals surface area contributed by atoms with Crippen molar-refractivity contribution in [1.29, 1.82) is 0 Å². The summed E-state index contributed by atoms with van der Waals surface area (Å²) in [6.45, 7) is 2.99. The number of pyridine rings is 2. The van der Waals surface area contributed by atoms with E-state index in [-0.39, 0.29) is 29.3 Å². The van der Waals surface area contributed by atoms with Gasteiger partial charge >= 0.3 is 0 Å². The molecule has 2 atom stereocenters. The van der Waals surface area contributed by atoms with Crippen LogP contribution in [0.15, 0.2) is 18.3 Å². The van der Waals surface area contributed by atoms with Crippen LogP contribution in [0.2, 0.25) is 0 Å². The number of ether oxygens (including phenoxy) is 1. The Morgan fingerprint density at radius 2 is 1.88 bits per heavy atom. The molecule has 9 nitrogen and oxygen atoms in total. The van der Waals surface area contributed by atoms with E-state index >= 15 is 0 Å². The summed E-state index contributed by atoms with van der Waals surface area (Å²) < 4.78 is 20.3. The lowest BCUT2D eigenvalue weighted by Crippen LogP contribution is -2.43. The predicted molar refractivity (Wildman–Crippen MR) is 129 cm³/mol. The first-order chi connectivity index (χ1) is 16.5. The highest BCUT2D eigenvalue weighted by atomic mass is 19.1. The van der Waals surface area contributed by atoms with E-state index < -0.39 is 11.7 Å². The van der Waals surface area contributed by atoms with Crippen molar-refractivity contribution in [2.24, 2.45) is 11.5 Å². The van der Waals surface area contributed by atoms with Gasteiger partial charge in [0.2, 0.25) is 0 Å². The minimum absolute atomic E-state index is 0.0128. The van der Waals surface area contributed by atoms with Gasteiger partial charge in [-0.2, -0.15) is 0 Å². The second-order valence-corrected chi connectivity index (χ2v) is 9.41. The number of nitrogens with zero attached hydrogens (tertiary/aromatic N) is 3. The van der Waals surface area contributed by atoms with Gasteiger partial charge < -0.3 is 31.7 Å². The minimum Gasteiger partial charge on any atom is -0.378 e. The molecule has 0 aromatic carbocycles. The molecule has 2 aliphatic carbocycles. The lowest BCUT2D eigenvalue weighted by Gasteiger charge is -2.30. The van der Waals surface area contributed by atoms with Gasteiger partial charge in [-0.15, -0.1) is 0 Å². The fourth-order valence-electron chi connectivity index (χ4n) is 4.80. The number of halogens is 1. The molecule has 2 aromatic heterocycles. The van der Waals surface area contributed by atoms with E-state index in [1.54, 1.807) is 6.20 Å². The number of rotatable bonds is 7. The van der Waals surface area contributed by atoms with Crippen LogP contribution in [0.4, 0.5) is 27.5 Å². The number of carbonyl (C=O) groups excluding carboxylic acids is 1. The second-order valence-electron chi connectivity index (χ2n) is 9.41.